The topological polar surface area (TPSA) is 63.7 Å². The van der Waals surface area contributed by atoms with Crippen LogP contribution in [0.4, 0.5) is 0 Å². The number of hydrogen-bond donors (Lipinski definition) is 1. The van der Waals surface area contributed by atoms with Crippen LogP contribution in [0, 0.1) is 0 Å². The highest BCUT2D eigenvalue weighted by atomic mass is 32.1. The third-order valence-corrected chi connectivity index (χ3v) is 5.41. The van der Waals surface area contributed by atoms with Crippen LogP contribution in [-0.4, -0.2) is 48.8 Å². The molecule has 2 aliphatic heterocycles. The average molecular weight is 345 g/mol. The molecule has 24 heavy (non-hydrogen) atoms. The van der Waals surface area contributed by atoms with Gasteiger partial charge in [0.1, 0.15) is 10.7 Å². The summed E-state index contributed by atoms with van der Waals surface area (Å²) in [6.45, 7) is 2.17. The zero-order chi connectivity index (χ0) is 16.5. The second kappa shape index (κ2) is 6.41. The Labute approximate surface area is 144 Å². The molecule has 7 heteroatoms. The monoisotopic (exact) mass is 345 g/mol. The zero-order valence-electron chi connectivity index (χ0n) is 13.4. The van der Waals surface area contributed by atoms with Crippen LogP contribution < -0.4 is 14.8 Å². The van der Waals surface area contributed by atoms with Gasteiger partial charge in [0.15, 0.2) is 11.5 Å². The van der Waals surface area contributed by atoms with E-state index in [0.29, 0.717) is 5.69 Å². The van der Waals surface area contributed by atoms with Gasteiger partial charge in [0.2, 0.25) is 6.79 Å². The number of hydrogen-bond acceptors (Lipinski definition) is 6. The molecule has 0 aliphatic carbocycles. The highest BCUT2D eigenvalue weighted by Gasteiger charge is 2.25. The third-order valence-electron chi connectivity index (χ3n) is 4.52. The van der Waals surface area contributed by atoms with Crippen molar-refractivity contribution >= 4 is 17.2 Å². The summed E-state index contributed by atoms with van der Waals surface area (Å²) in [5.41, 5.74) is 1.45. The van der Waals surface area contributed by atoms with E-state index in [0.717, 1.165) is 48.0 Å². The fourth-order valence-corrected chi connectivity index (χ4v) is 3.87. The number of aromatic nitrogens is 1. The van der Waals surface area contributed by atoms with Gasteiger partial charge in [0, 0.05) is 24.0 Å². The van der Waals surface area contributed by atoms with Gasteiger partial charge in [-0.25, -0.2) is 4.98 Å². The van der Waals surface area contributed by atoms with Gasteiger partial charge in [-0.05, 0) is 44.1 Å². The molecule has 0 atom stereocenters. The molecule has 6 nitrogen and oxygen atoms in total. The van der Waals surface area contributed by atoms with Crippen molar-refractivity contribution in [3.63, 3.8) is 0 Å². The van der Waals surface area contributed by atoms with E-state index in [1.807, 2.05) is 35.5 Å². The van der Waals surface area contributed by atoms with E-state index in [-0.39, 0.29) is 18.7 Å². The normalized spacial score (nSPS) is 17.0. The Kier molecular flexibility index (Phi) is 4.12. The van der Waals surface area contributed by atoms with Crippen LogP contribution in [0.5, 0.6) is 11.5 Å². The Morgan fingerprint density at radius 1 is 1.29 bits per heavy atom. The molecule has 2 aliphatic rings. The number of amides is 1. The molecule has 0 spiro atoms. The molecule has 2 aromatic rings. The van der Waals surface area contributed by atoms with Crippen molar-refractivity contribution in [2.45, 2.75) is 18.9 Å². The number of benzene rings is 1. The van der Waals surface area contributed by atoms with Crippen molar-refractivity contribution in [1.82, 2.24) is 15.2 Å². The Balaban J connectivity index is 1.52. The highest BCUT2D eigenvalue weighted by Crippen LogP contribution is 2.36. The lowest BCUT2D eigenvalue weighted by molar-refractivity contribution is 0.0698. The molecule has 4 rings (SSSR count). The van der Waals surface area contributed by atoms with E-state index >= 15 is 0 Å². The molecule has 0 bridgehead atoms. The van der Waals surface area contributed by atoms with Gasteiger partial charge < -0.3 is 19.7 Å². The number of nitrogens with zero attached hydrogens (tertiary/aromatic N) is 2. The van der Waals surface area contributed by atoms with E-state index in [1.165, 1.54) is 11.3 Å². The lowest BCUT2D eigenvalue weighted by atomic mass is 10.1. The maximum absolute atomic E-state index is 12.7. The molecular formula is C17H19N3O3S. The minimum absolute atomic E-state index is 0.00913. The summed E-state index contributed by atoms with van der Waals surface area (Å²) in [6.07, 6.45) is 1.97. The number of rotatable bonds is 3. The first kappa shape index (κ1) is 15.4. The Hall–Kier alpha value is -2.12. The van der Waals surface area contributed by atoms with Crippen LogP contribution >= 0.6 is 11.3 Å². The minimum atomic E-state index is -0.00913. The number of ether oxygens (including phenoxy) is 2. The van der Waals surface area contributed by atoms with Crippen LogP contribution in [0.2, 0.25) is 0 Å². The molecule has 1 saturated heterocycles. The third kappa shape index (κ3) is 2.85. The first-order chi connectivity index (χ1) is 11.7. The predicted octanol–water partition coefficient (Wildman–Crippen LogP) is 2.36. The van der Waals surface area contributed by atoms with Crippen molar-refractivity contribution in [2.75, 3.05) is 26.9 Å². The molecule has 1 N–H and O–H groups in total. The number of piperidine rings is 1. The van der Waals surface area contributed by atoms with Crippen LogP contribution in [0.25, 0.3) is 10.6 Å². The van der Waals surface area contributed by atoms with E-state index in [1.54, 1.807) is 0 Å². The lowest BCUT2D eigenvalue weighted by Gasteiger charge is -2.31. The SMILES string of the molecule is CN(C(=O)c1csc(-c2ccc3c(c2)OCO3)n1)C1CCNCC1. The number of carbonyl (C=O) groups is 1. The number of fused-ring (bicyclic) bond motifs is 1. The van der Waals surface area contributed by atoms with Crippen LogP contribution in [0.3, 0.4) is 0 Å². The smallest absolute Gasteiger partial charge is 0.273 e. The molecule has 1 aromatic heterocycles. The molecule has 0 saturated carbocycles. The fraction of sp³-hybridized carbons (Fsp3) is 0.412. The van der Waals surface area contributed by atoms with Crippen LogP contribution in [0.1, 0.15) is 23.3 Å². The van der Waals surface area contributed by atoms with E-state index < -0.39 is 0 Å². The lowest BCUT2D eigenvalue weighted by Crippen LogP contribution is -2.44. The van der Waals surface area contributed by atoms with Crippen molar-refractivity contribution in [2.24, 2.45) is 0 Å². The molecular weight excluding hydrogens is 326 g/mol. The quantitative estimate of drug-likeness (QED) is 0.925. The summed E-state index contributed by atoms with van der Waals surface area (Å²) >= 11 is 1.47. The molecule has 0 radical (unpaired) electrons. The molecule has 126 valence electrons. The minimum Gasteiger partial charge on any atom is -0.454 e. The van der Waals surface area contributed by atoms with E-state index in [9.17, 15) is 4.79 Å². The molecule has 3 heterocycles. The summed E-state index contributed by atoms with van der Waals surface area (Å²) in [5, 5.41) is 5.97. The van der Waals surface area contributed by atoms with Gasteiger partial charge >= 0.3 is 0 Å². The van der Waals surface area contributed by atoms with Crippen LogP contribution in [0.15, 0.2) is 23.6 Å². The summed E-state index contributed by atoms with van der Waals surface area (Å²) in [6, 6.07) is 6.01. The van der Waals surface area contributed by atoms with E-state index in [2.05, 4.69) is 10.3 Å². The zero-order valence-corrected chi connectivity index (χ0v) is 14.3. The molecule has 1 amide bonds. The summed E-state index contributed by atoms with van der Waals surface area (Å²) < 4.78 is 10.7. The first-order valence-electron chi connectivity index (χ1n) is 8.06. The van der Waals surface area contributed by atoms with Gasteiger partial charge in [0.25, 0.3) is 5.91 Å². The standard InChI is InChI=1S/C17H19N3O3S/c1-20(12-4-6-18-7-5-12)17(21)13-9-24-16(19-13)11-2-3-14-15(8-11)23-10-22-14/h2-3,8-9,12,18H,4-7,10H2,1H3. The number of thiazole rings is 1. The van der Waals surface area contributed by atoms with Crippen molar-refractivity contribution in [3.05, 3.63) is 29.3 Å². The molecule has 1 aromatic carbocycles. The largest absolute Gasteiger partial charge is 0.454 e. The van der Waals surface area contributed by atoms with Crippen molar-refractivity contribution in [1.29, 1.82) is 0 Å². The van der Waals surface area contributed by atoms with Crippen molar-refractivity contribution < 1.29 is 14.3 Å². The van der Waals surface area contributed by atoms with Gasteiger partial charge in [-0.3, -0.25) is 4.79 Å². The molecule has 1 fully saturated rings. The Morgan fingerprint density at radius 3 is 2.92 bits per heavy atom. The maximum atomic E-state index is 12.7. The van der Waals surface area contributed by atoms with Gasteiger partial charge in [-0.15, -0.1) is 11.3 Å². The van der Waals surface area contributed by atoms with Gasteiger partial charge in [-0.1, -0.05) is 0 Å². The summed E-state index contributed by atoms with van der Waals surface area (Å²) in [7, 11) is 1.87. The predicted molar refractivity (Wildman–Crippen MR) is 91.7 cm³/mol. The average Bonchev–Trinajstić information content (AvgIpc) is 3.29. The Morgan fingerprint density at radius 2 is 2.08 bits per heavy atom. The second-order valence-electron chi connectivity index (χ2n) is 6.00. The number of nitrogens with one attached hydrogen (secondary N) is 1. The second-order valence-corrected chi connectivity index (χ2v) is 6.86. The molecule has 0 unspecified atom stereocenters. The van der Waals surface area contributed by atoms with Crippen molar-refractivity contribution in [3.8, 4) is 22.1 Å². The number of carbonyl (C=O) groups excluding carboxylic acids is 1. The summed E-state index contributed by atoms with van der Waals surface area (Å²) in [4.78, 5) is 19.1. The van der Waals surface area contributed by atoms with Gasteiger partial charge in [-0.2, -0.15) is 0 Å². The fourth-order valence-electron chi connectivity index (χ4n) is 3.07. The first-order valence-corrected chi connectivity index (χ1v) is 8.94. The van der Waals surface area contributed by atoms with Crippen LogP contribution in [-0.2, 0) is 0 Å². The van der Waals surface area contributed by atoms with Gasteiger partial charge in [0.05, 0.1) is 0 Å². The van der Waals surface area contributed by atoms with E-state index in [4.69, 9.17) is 9.47 Å². The maximum Gasteiger partial charge on any atom is 0.273 e. The highest BCUT2D eigenvalue weighted by molar-refractivity contribution is 7.13. The summed E-state index contributed by atoms with van der Waals surface area (Å²) in [5.74, 6) is 1.46. The Bertz CT molecular complexity index is 755.